The number of aliphatic hydroxyl groups is 1. The smallest absolute Gasteiger partial charge is 0.195 e. The van der Waals surface area contributed by atoms with Gasteiger partial charge in [0.15, 0.2) is 10.2 Å². The summed E-state index contributed by atoms with van der Waals surface area (Å²) in [5, 5.41) is 10.9. The van der Waals surface area contributed by atoms with Crippen LogP contribution < -0.4 is 0 Å². The van der Waals surface area contributed by atoms with Crippen LogP contribution in [0.5, 0.6) is 0 Å². The topological polar surface area (TPSA) is 65.6 Å². The fourth-order valence-electron chi connectivity index (χ4n) is 3.89. The molecule has 2 saturated heterocycles. The predicted octanol–water partition coefficient (Wildman–Crippen LogP) is 2.25. The van der Waals surface area contributed by atoms with Gasteiger partial charge in [-0.25, -0.2) is 9.97 Å². The first-order valence-corrected chi connectivity index (χ1v) is 9.76. The van der Waals surface area contributed by atoms with Gasteiger partial charge in [-0.2, -0.15) is 0 Å². The van der Waals surface area contributed by atoms with Gasteiger partial charge in [-0.3, -0.25) is 9.80 Å². The van der Waals surface area contributed by atoms with E-state index in [1.54, 1.807) is 12.4 Å². The molecule has 0 amide bonds. The summed E-state index contributed by atoms with van der Waals surface area (Å²) in [5.74, 6) is 0.966. The van der Waals surface area contributed by atoms with Crippen molar-refractivity contribution in [2.75, 3.05) is 26.2 Å². The largest absolute Gasteiger partial charge is 0.453 e. The lowest BCUT2D eigenvalue weighted by atomic mass is 10.0. The molecular weight excluding hydrogens is 336 g/mol. The molecule has 25 heavy (non-hydrogen) atoms. The average molecular weight is 360 g/mol. The fraction of sp³-hybridized carbons (Fsp3) is 0.556. The molecule has 2 fully saturated rings. The Kier molecular flexibility index (Phi) is 5.36. The summed E-state index contributed by atoms with van der Waals surface area (Å²) in [6.45, 7) is 4.37. The maximum Gasteiger partial charge on any atom is 0.195 e. The highest BCUT2D eigenvalue weighted by Gasteiger charge is 2.36. The number of furan rings is 1. The lowest BCUT2D eigenvalue weighted by Crippen LogP contribution is -2.55. The molecule has 7 heteroatoms. The second-order valence-corrected chi connectivity index (χ2v) is 7.71. The minimum absolute atomic E-state index is 0.240. The van der Waals surface area contributed by atoms with Gasteiger partial charge in [0.25, 0.3) is 0 Å². The van der Waals surface area contributed by atoms with Crippen LogP contribution in [0.1, 0.15) is 25.0 Å². The van der Waals surface area contributed by atoms with Crippen molar-refractivity contribution in [1.29, 1.82) is 0 Å². The van der Waals surface area contributed by atoms with Crippen LogP contribution in [0, 0.1) is 0 Å². The molecule has 0 saturated carbocycles. The predicted molar refractivity (Wildman–Crippen MR) is 95.4 cm³/mol. The van der Waals surface area contributed by atoms with Crippen molar-refractivity contribution in [3.63, 3.8) is 0 Å². The first kappa shape index (κ1) is 17.0. The number of hydrogen-bond donors (Lipinski definition) is 1. The number of aliphatic hydroxyl groups excluding tert-OH is 1. The highest BCUT2D eigenvalue weighted by Crippen LogP contribution is 2.30. The lowest BCUT2D eigenvalue weighted by Gasteiger charge is -2.43. The molecule has 0 radical (unpaired) electrons. The van der Waals surface area contributed by atoms with E-state index in [1.165, 1.54) is 31.1 Å². The summed E-state index contributed by atoms with van der Waals surface area (Å²) >= 11 is 1.44. The van der Waals surface area contributed by atoms with Crippen molar-refractivity contribution in [3.8, 4) is 0 Å². The van der Waals surface area contributed by atoms with E-state index in [9.17, 15) is 5.11 Å². The van der Waals surface area contributed by atoms with Crippen molar-refractivity contribution in [2.24, 2.45) is 0 Å². The molecule has 0 bridgehead atoms. The maximum absolute atomic E-state index is 9.43. The van der Waals surface area contributed by atoms with Gasteiger partial charge in [0.05, 0.1) is 6.54 Å². The van der Waals surface area contributed by atoms with Gasteiger partial charge in [0.2, 0.25) is 0 Å². The second-order valence-electron chi connectivity index (χ2n) is 6.74. The molecule has 4 rings (SSSR count). The molecule has 134 valence electrons. The number of rotatable bonds is 6. The minimum Gasteiger partial charge on any atom is -0.453 e. The molecule has 2 aromatic rings. The summed E-state index contributed by atoms with van der Waals surface area (Å²) in [4.78, 5) is 13.5. The number of aromatic nitrogens is 2. The number of fused-ring (bicyclic) bond motifs is 1. The first-order chi connectivity index (χ1) is 12.3. The van der Waals surface area contributed by atoms with Gasteiger partial charge in [0.1, 0.15) is 5.76 Å². The van der Waals surface area contributed by atoms with Crippen LogP contribution in [0.15, 0.2) is 45.3 Å². The molecule has 2 aliphatic heterocycles. The van der Waals surface area contributed by atoms with E-state index in [4.69, 9.17) is 4.42 Å². The van der Waals surface area contributed by atoms with Crippen LogP contribution in [0.4, 0.5) is 0 Å². The molecule has 0 spiro atoms. The van der Waals surface area contributed by atoms with E-state index < -0.39 is 0 Å². The van der Waals surface area contributed by atoms with Gasteiger partial charge in [-0.05, 0) is 55.8 Å². The number of piperazine rings is 1. The fourth-order valence-corrected chi connectivity index (χ4v) is 4.58. The van der Waals surface area contributed by atoms with E-state index in [-0.39, 0.29) is 6.61 Å². The van der Waals surface area contributed by atoms with Crippen LogP contribution >= 0.6 is 11.8 Å². The molecule has 0 unspecified atom stereocenters. The van der Waals surface area contributed by atoms with Crippen LogP contribution in [0.2, 0.25) is 0 Å². The van der Waals surface area contributed by atoms with E-state index in [0.717, 1.165) is 36.9 Å². The quantitative estimate of drug-likeness (QED) is 0.793. The minimum atomic E-state index is 0.240. The molecule has 2 aliphatic rings. The molecule has 0 aliphatic carbocycles. The Bertz CT molecular complexity index is 681. The van der Waals surface area contributed by atoms with Crippen LogP contribution in [-0.4, -0.2) is 63.2 Å². The summed E-state index contributed by atoms with van der Waals surface area (Å²) < 4.78 is 5.99. The second kappa shape index (κ2) is 7.86. The zero-order valence-electron chi connectivity index (χ0n) is 14.3. The Hall–Kier alpha value is -1.41. The Morgan fingerprint density at radius 1 is 1.24 bits per heavy atom. The van der Waals surface area contributed by atoms with Crippen molar-refractivity contribution < 1.29 is 9.52 Å². The standard InChI is InChI=1S/C18H24N4O2S/c23-10-6-15-11-21-9-1-3-14(21)12-22(15)13-16-4-5-17(24-16)25-18-19-7-2-8-20-18/h2,4-5,7-8,14-15,23H,1,3,6,9-13H2/t14-,15-/m0/s1. The zero-order valence-corrected chi connectivity index (χ0v) is 15.1. The summed E-state index contributed by atoms with van der Waals surface area (Å²) in [7, 11) is 0. The number of nitrogens with zero attached hydrogens (tertiary/aromatic N) is 4. The van der Waals surface area contributed by atoms with E-state index in [0.29, 0.717) is 17.2 Å². The van der Waals surface area contributed by atoms with Crippen LogP contribution in [0.25, 0.3) is 0 Å². The molecule has 0 aromatic carbocycles. The molecule has 2 aromatic heterocycles. The summed E-state index contributed by atoms with van der Waals surface area (Å²) in [6, 6.07) is 6.90. The zero-order chi connectivity index (χ0) is 17.1. The Balaban J connectivity index is 1.41. The van der Waals surface area contributed by atoms with E-state index in [1.807, 2.05) is 18.2 Å². The third-order valence-corrected chi connectivity index (χ3v) is 5.91. The third-order valence-electron chi connectivity index (χ3n) is 5.10. The van der Waals surface area contributed by atoms with Gasteiger partial charge in [0, 0.05) is 44.2 Å². The van der Waals surface area contributed by atoms with Gasteiger partial charge in [-0.1, -0.05) is 0 Å². The Morgan fingerprint density at radius 2 is 2.12 bits per heavy atom. The maximum atomic E-state index is 9.43. The lowest BCUT2D eigenvalue weighted by molar-refractivity contribution is 0.0287. The van der Waals surface area contributed by atoms with E-state index in [2.05, 4.69) is 19.8 Å². The highest BCUT2D eigenvalue weighted by molar-refractivity contribution is 7.99. The molecule has 4 heterocycles. The van der Waals surface area contributed by atoms with Crippen molar-refractivity contribution in [3.05, 3.63) is 36.4 Å². The highest BCUT2D eigenvalue weighted by atomic mass is 32.2. The third kappa shape index (κ3) is 4.06. The molecule has 2 atom stereocenters. The number of hydrogen-bond acceptors (Lipinski definition) is 7. The van der Waals surface area contributed by atoms with Gasteiger partial charge < -0.3 is 9.52 Å². The molecule has 6 nitrogen and oxygen atoms in total. The van der Waals surface area contributed by atoms with E-state index >= 15 is 0 Å². The monoisotopic (exact) mass is 360 g/mol. The molecule has 1 N–H and O–H groups in total. The van der Waals surface area contributed by atoms with Crippen molar-refractivity contribution >= 4 is 11.8 Å². The molecular formula is C18H24N4O2S. The normalized spacial score (nSPS) is 24.5. The Morgan fingerprint density at radius 3 is 2.96 bits per heavy atom. The SMILES string of the molecule is OCC[C@H]1CN2CCC[C@H]2CN1Cc1ccc(Sc2ncccn2)o1. The van der Waals surface area contributed by atoms with Gasteiger partial charge in [-0.15, -0.1) is 0 Å². The first-order valence-electron chi connectivity index (χ1n) is 8.94. The van der Waals surface area contributed by atoms with Crippen molar-refractivity contribution in [1.82, 2.24) is 19.8 Å². The van der Waals surface area contributed by atoms with Crippen molar-refractivity contribution in [2.45, 2.75) is 48.1 Å². The Labute approximate surface area is 152 Å². The summed E-state index contributed by atoms with van der Waals surface area (Å²) in [5.41, 5.74) is 0. The van der Waals surface area contributed by atoms with Crippen LogP contribution in [-0.2, 0) is 6.54 Å². The van der Waals surface area contributed by atoms with Gasteiger partial charge >= 0.3 is 0 Å². The average Bonchev–Trinajstić information content (AvgIpc) is 3.25. The van der Waals surface area contributed by atoms with Crippen LogP contribution in [0.3, 0.4) is 0 Å². The summed E-state index contributed by atoms with van der Waals surface area (Å²) in [6.07, 6.45) is 6.87.